The average Bonchev–Trinajstić information content (AvgIpc) is 2.13. The van der Waals surface area contributed by atoms with Crippen molar-refractivity contribution in [1.82, 2.24) is 10.2 Å². The molecule has 0 rings (SSSR count). The summed E-state index contributed by atoms with van der Waals surface area (Å²) in [5.41, 5.74) is 0. The smallest absolute Gasteiger partial charge is 0.407 e. The highest BCUT2D eigenvalue weighted by atomic mass is 16.5. The summed E-state index contributed by atoms with van der Waals surface area (Å²) in [6.45, 7) is 4.31. The quantitative estimate of drug-likeness (QED) is 0.582. The molecule has 0 aromatic rings. The maximum absolute atomic E-state index is 10.9. The number of carboxylic acid groups (broad SMARTS) is 1. The van der Waals surface area contributed by atoms with Gasteiger partial charge in [0.1, 0.15) is 6.61 Å². The van der Waals surface area contributed by atoms with Gasteiger partial charge in [-0.05, 0) is 7.05 Å². The van der Waals surface area contributed by atoms with Crippen LogP contribution >= 0.6 is 0 Å². The van der Waals surface area contributed by atoms with E-state index in [0.29, 0.717) is 13.1 Å². The van der Waals surface area contributed by atoms with E-state index in [0.717, 1.165) is 0 Å². The predicted molar refractivity (Wildman–Crippen MR) is 54.7 cm³/mol. The molecular formula is C9H16N2O4. The van der Waals surface area contributed by atoms with E-state index in [1.54, 1.807) is 11.9 Å². The Hall–Kier alpha value is -1.56. The van der Waals surface area contributed by atoms with Gasteiger partial charge in [-0.25, -0.2) is 4.79 Å². The van der Waals surface area contributed by atoms with Gasteiger partial charge in [-0.15, -0.1) is 0 Å². The summed E-state index contributed by atoms with van der Waals surface area (Å²) in [6.07, 6.45) is 0.939. The van der Waals surface area contributed by atoms with Gasteiger partial charge in [0, 0.05) is 13.1 Å². The van der Waals surface area contributed by atoms with Crippen LogP contribution in [0.4, 0.5) is 4.79 Å². The lowest BCUT2D eigenvalue weighted by Gasteiger charge is -2.13. The molecule has 0 unspecified atom stereocenters. The van der Waals surface area contributed by atoms with Crippen LogP contribution in [0.15, 0.2) is 12.7 Å². The number of hydrogen-bond donors (Lipinski definition) is 2. The molecule has 86 valence electrons. The number of alkyl carbamates (subject to hydrolysis) is 1. The summed E-state index contributed by atoms with van der Waals surface area (Å²) >= 11 is 0. The van der Waals surface area contributed by atoms with Crippen LogP contribution in [0.5, 0.6) is 0 Å². The Morgan fingerprint density at radius 2 is 2.27 bits per heavy atom. The van der Waals surface area contributed by atoms with Gasteiger partial charge in [-0.1, -0.05) is 12.7 Å². The fourth-order valence-corrected chi connectivity index (χ4v) is 0.844. The van der Waals surface area contributed by atoms with Gasteiger partial charge in [0.15, 0.2) is 0 Å². The van der Waals surface area contributed by atoms with Crippen molar-refractivity contribution in [3.8, 4) is 0 Å². The second-order valence-corrected chi connectivity index (χ2v) is 2.95. The van der Waals surface area contributed by atoms with Gasteiger partial charge in [-0.3, -0.25) is 9.69 Å². The Labute approximate surface area is 88.5 Å². The van der Waals surface area contributed by atoms with Gasteiger partial charge < -0.3 is 15.2 Å². The molecule has 0 bridgehead atoms. The van der Waals surface area contributed by atoms with Crippen LogP contribution in [0.3, 0.4) is 0 Å². The number of nitrogens with zero attached hydrogens (tertiary/aromatic N) is 1. The van der Waals surface area contributed by atoms with E-state index in [-0.39, 0.29) is 13.2 Å². The number of likely N-dealkylation sites (N-methyl/N-ethyl adjacent to an activating group) is 1. The molecule has 0 aliphatic heterocycles. The first-order valence-corrected chi connectivity index (χ1v) is 4.48. The first-order valence-electron chi connectivity index (χ1n) is 4.48. The zero-order valence-electron chi connectivity index (χ0n) is 8.73. The molecule has 1 amide bonds. The Balaban J connectivity index is 3.47. The summed E-state index contributed by atoms with van der Waals surface area (Å²) in [4.78, 5) is 22.8. The zero-order chi connectivity index (χ0) is 11.7. The van der Waals surface area contributed by atoms with Crippen LogP contribution in [0.1, 0.15) is 0 Å². The van der Waals surface area contributed by atoms with Gasteiger partial charge >= 0.3 is 12.1 Å². The minimum atomic E-state index is -0.897. The summed E-state index contributed by atoms with van der Waals surface area (Å²) in [6, 6.07) is 0. The molecule has 0 aliphatic carbocycles. The SMILES string of the molecule is C=CCOC(=O)NCCN(C)CC(=O)O. The predicted octanol–water partition coefficient (Wildman–Crippen LogP) is -0.0850. The summed E-state index contributed by atoms with van der Waals surface area (Å²) in [5.74, 6) is -0.897. The third-order valence-electron chi connectivity index (χ3n) is 1.50. The Bertz CT molecular complexity index is 230. The third kappa shape index (κ3) is 8.76. The molecule has 6 heteroatoms. The molecule has 15 heavy (non-hydrogen) atoms. The third-order valence-corrected chi connectivity index (χ3v) is 1.50. The lowest BCUT2D eigenvalue weighted by atomic mass is 10.5. The number of rotatable bonds is 7. The van der Waals surface area contributed by atoms with Crippen molar-refractivity contribution in [2.24, 2.45) is 0 Å². The van der Waals surface area contributed by atoms with Crippen molar-refractivity contribution >= 4 is 12.1 Å². The Morgan fingerprint density at radius 3 is 2.80 bits per heavy atom. The summed E-state index contributed by atoms with van der Waals surface area (Å²) in [7, 11) is 1.66. The minimum absolute atomic E-state index is 0.0522. The van der Waals surface area contributed by atoms with E-state index in [9.17, 15) is 9.59 Å². The molecule has 6 nitrogen and oxygen atoms in total. The molecule has 0 fully saturated rings. The maximum atomic E-state index is 10.9. The highest BCUT2D eigenvalue weighted by molar-refractivity contribution is 5.69. The van der Waals surface area contributed by atoms with Crippen LogP contribution in [-0.4, -0.2) is 55.4 Å². The van der Waals surface area contributed by atoms with E-state index in [1.807, 2.05) is 0 Å². The summed E-state index contributed by atoms with van der Waals surface area (Å²) in [5, 5.41) is 10.9. The topological polar surface area (TPSA) is 78.9 Å². The molecule has 0 aromatic heterocycles. The lowest BCUT2D eigenvalue weighted by Crippen LogP contribution is -2.35. The van der Waals surface area contributed by atoms with E-state index in [2.05, 4.69) is 16.6 Å². The van der Waals surface area contributed by atoms with Crippen molar-refractivity contribution in [1.29, 1.82) is 0 Å². The highest BCUT2D eigenvalue weighted by Crippen LogP contribution is 1.82. The molecule has 2 N–H and O–H groups in total. The number of nitrogens with one attached hydrogen (secondary N) is 1. The van der Waals surface area contributed by atoms with Gasteiger partial charge in [0.2, 0.25) is 0 Å². The molecule has 0 radical (unpaired) electrons. The highest BCUT2D eigenvalue weighted by Gasteiger charge is 2.04. The molecule has 0 atom stereocenters. The second-order valence-electron chi connectivity index (χ2n) is 2.95. The van der Waals surface area contributed by atoms with Crippen LogP contribution in [-0.2, 0) is 9.53 Å². The zero-order valence-corrected chi connectivity index (χ0v) is 8.73. The molecule has 0 saturated heterocycles. The normalized spacial score (nSPS) is 9.73. The number of carbonyl (C=O) groups excluding carboxylic acids is 1. The first-order chi connectivity index (χ1) is 7.06. The van der Waals surface area contributed by atoms with E-state index in [4.69, 9.17) is 5.11 Å². The first kappa shape index (κ1) is 13.4. The van der Waals surface area contributed by atoms with Crippen molar-refractivity contribution < 1.29 is 19.4 Å². The van der Waals surface area contributed by atoms with Crippen LogP contribution < -0.4 is 5.32 Å². The standard InChI is InChI=1S/C9H16N2O4/c1-3-6-15-9(14)10-4-5-11(2)7-8(12)13/h3H,1,4-7H2,2H3,(H,10,14)(H,12,13). The van der Waals surface area contributed by atoms with Crippen LogP contribution in [0.25, 0.3) is 0 Å². The largest absolute Gasteiger partial charge is 0.480 e. The van der Waals surface area contributed by atoms with Crippen molar-refractivity contribution in [2.45, 2.75) is 0 Å². The van der Waals surface area contributed by atoms with Crippen LogP contribution in [0, 0.1) is 0 Å². The Morgan fingerprint density at radius 1 is 1.60 bits per heavy atom. The summed E-state index contributed by atoms with van der Waals surface area (Å²) < 4.78 is 4.65. The molecule has 0 heterocycles. The van der Waals surface area contributed by atoms with Gasteiger partial charge in [-0.2, -0.15) is 0 Å². The Kier molecular flexibility index (Phi) is 7.00. The molecule has 0 aromatic carbocycles. The van der Waals surface area contributed by atoms with Crippen LogP contribution in [0.2, 0.25) is 0 Å². The van der Waals surface area contributed by atoms with Gasteiger partial charge in [0.25, 0.3) is 0 Å². The fraction of sp³-hybridized carbons (Fsp3) is 0.556. The monoisotopic (exact) mass is 216 g/mol. The van der Waals surface area contributed by atoms with Crippen molar-refractivity contribution in [3.05, 3.63) is 12.7 Å². The lowest BCUT2D eigenvalue weighted by molar-refractivity contribution is -0.137. The molecule has 0 saturated carbocycles. The number of carboxylic acids is 1. The number of aliphatic carboxylic acids is 1. The number of hydrogen-bond acceptors (Lipinski definition) is 4. The van der Waals surface area contributed by atoms with E-state index >= 15 is 0 Å². The molecule has 0 aliphatic rings. The number of amides is 1. The minimum Gasteiger partial charge on any atom is -0.480 e. The van der Waals surface area contributed by atoms with Gasteiger partial charge in [0.05, 0.1) is 6.54 Å². The number of carbonyl (C=O) groups is 2. The number of ether oxygens (including phenoxy) is 1. The van der Waals surface area contributed by atoms with E-state index in [1.165, 1.54) is 6.08 Å². The molecular weight excluding hydrogens is 200 g/mol. The molecule has 0 spiro atoms. The average molecular weight is 216 g/mol. The van der Waals surface area contributed by atoms with Crippen molar-refractivity contribution in [3.63, 3.8) is 0 Å². The fourth-order valence-electron chi connectivity index (χ4n) is 0.844. The maximum Gasteiger partial charge on any atom is 0.407 e. The van der Waals surface area contributed by atoms with E-state index < -0.39 is 12.1 Å². The van der Waals surface area contributed by atoms with Crippen molar-refractivity contribution in [2.75, 3.05) is 33.3 Å². The second kappa shape index (κ2) is 7.81.